The van der Waals surface area contributed by atoms with Gasteiger partial charge in [0.25, 0.3) is 5.91 Å². The van der Waals surface area contributed by atoms with E-state index in [1.54, 1.807) is 54.6 Å². The van der Waals surface area contributed by atoms with Crippen LogP contribution in [0, 0.1) is 0 Å². The Kier molecular flexibility index (Phi) is 16.9. The van der Waals surface area contributed by atoms with Gasteiger partial charge in [-0.25, -0.2) is 36.6 Å². The number of carbonyl (C=O) groups excluding carboxylic acids is 2. The zero-order valence-electron chi connectivity index (χ0n) is 37.2. The number of aromatic nitrogens is 3. The molecule has 2 unspecified atom stereocenters. The van der Waals surface area contributed by atoms with Crippen molar-refractivity contribution >= 4 is 82.3 Å². The number of benzene rings is 5. The molecule has 0 saturated carbocycles. The smallest absolute Gasteiger partial charge is 0.328 e. The number of carboxylic acids is 1. The fraction of sp³-hybridized carbons (Fsp3) is 0.115. The van der Waals surface area contributed by atoms with Crippen LogP contribution in [-0.2, 0) is 47.1 Å². The lowest BCUT2D eigenvalue weighted by Gasteiger charge is -2.17. The molecule has 0 aliphatic rings. The van der Waals surface area contributed by atoms with E-state index < -0.39 is 43.8 Å². The minimum atomic E-state index is -3.29. The van der Waals surface area contributed by atoms with Gasteiger partial charge in [-0.3, -0.25) is 9.59 Å². The zero-order chi connectivity index (χ0) is 49.6. The number of fused-ring (bicyclic) bond motifs is 3. The van der Waals surface area contributed by atoms with Crippen LogP contribution < -0.4 is 10.6 Å². The fourth-order valence-corrected chi connectivity index (χ4v) is 7.73. The van der Waals surface area contributed by atoms with Crippen LogP contribution in [0.3, 0.4) is 0 Å². The number of amides is 2. The molecule has 0 radical (unpaired) electrons. The van der Waals surface area contributed by atoms with E-state index in [9.17, 15) is 41.4 Å². The number of pyridine rings is 3. The average molecular weight is 966 g/mol. The molecule has 8 rings (SSSR count). The van der Waals surface area contributed by atoms with Crippen LogP contribution in [0.5, 0.6) is 0 Å². The number of aliphatic hydroxyl groups excluding tert-OH is 2. The number of aliphatic carboxylic acids is 1. The second-order valence-electron chi connectivity index (χ2n) is 15.4. The summed E-state index contributed by atoms with van der Waals surface area (Å²) in [6.07, 6.45) is 4.77. The third-order valence-corrected chi connectivity index (χ3v) is 12.4. The Labute approximate surface area is 398 Å². The number of hydrogen-bond donors (Lipinski definition) is 5. The van der Waals surface area contributed by atoms with Crippen molar-refractivity contribution in [1.29, 1.82) is 0 Å². The number of nitrogens with one attached hydrogen (secondary N) is 2. The van der Waals surface area contributed by atoms with Crippen molar-refractivity contribution in [1.82, 2.24) is 25.6 Å². The number of aliphatic hydroxyl groups is 2. The van der Waals surface area contributed by atoms with Crippen molar-refractivity contribution in [2.45, 2.75) is 35.1 Å². The lowest BCUT2D eigenvalue weighted by Crippen LogP contribution is -2.38. The quantitative estimate of drug-likeness (QED) is 0.0762. The third kappa shape index (κ3) is 15.0. The summed E-state index contributed by atoms with van der Waals surface area (Å²) < 4.78 is 45.8. The Morgan fingerprint density at radius 3 is 1.38 bits per heavy atom. The lowest BCUT2D eigenvalue weighted by atomic mass is 10.1. The Morgan fingerprint density at radius 1 is 0.522 bits per heavy atom. The summed E-state index contributed by atoms with van der Waals surface area (Å²) in [5, 5.41) is 37.2. The maximum Gasteiger partial charge on any atom is 0.328 e. The molecule has 17 heteroatoms. The molecule has 0 spiro atoms. The Bertz CT molecular complexity index is 3400. The van der Waals surface area contributed by atoms with Crippen LogP contribution in [-0.4, -0.2) is 83.5 Å². The Morgan fingerprint density at radius 2 is 0.928 bits per heavy atom. The van der Waals surface area contributed by atoms with E-state index in [1.807, 2.05) is 84.9 Å². The lowest BCUT2D eigenvalue weighted by molar-refractivity contribution is -0.135. The highest BCUT2D eigenvalue weighted by molar-refractivity contribution is 7.91. The number of hydrogen-bond acceptors (Lipinski definition) is 12. The number of carboxylic acid groups (broad SMARTS) is 1. The molecule has 0 aliphatic carbocycles. The summed E-state index contributed by atoms with van der Waals surface area (Å²) in [6, 6.07) is 46.1. The summed E-state index contributed by atoms with van der Waals surface area (Å²) in [7, 11) is -6.50. The van der Waals surface area contributed by atoms with Crippen LogP contribution in [0.2, 0.25) is 0 Å². The third-order valence-electron chi connectivity index (χ3n) is 10.2. The van der Waals surface area contributed by atoms with Gasteiger partial charge in [-0.2, -0.15) is 0 Å². The van der Waals surface area contributed by atoms with Crippen molar-refractivity contribution < 1.29 is 46.5 Å². The first-order valence-electron chi connectivity index (χ1n) is 21.1. The molecule has 8 aromatic rings. The van der Waals surface area contributed by atoms with Gasteiger partial charge in [-0.05, 0) is 83.9 Å². The second kappa shape index (κ2) is 23.2. The maximum atomic E-state index is 12.2. The molecule has 15 nitrogen and oxygen atoms in total. The molecular formula is C52H47N5O10S2. The van der Waals surface area contributed by atoms with Crippen LogP contribution >= 0.6 is 0 Å². The zero-order valence-corrected chi connectivity index (χ0v) is 38.9. The predicted molar refractivity (Wildman–Crippen MR) is 265 cm³/mol. The highest BCUT2D eigenvalue weighted by atomic mass is 32.2. The number of sulfone groups is 2. The van der Waals surface area contributed by atoms with Crippen LogP contribution in [0.15, 0.2) is 180 Å². The monoisotopic (exact) mass is 965 g/mol. The number of para-hydroxylation sites is 3. The first-order valence-corrected chi connectivity index (χ1v) is 24.9. The molecule has 5 N–H and O–H groups in total. The molecular weight excluding hydrogens is 919 g/mol. The van der Waals surface area contributed by atoms with E-state index in [0.717, 1.165) is 51.3 Å². The molecule has 5 aromatic carbocycles. The van der Waals surface area contributed by atoms with E-state index in [1.165, 1.54) is 36.4 Å². The van der Waals surface area contributed by atoms with Gasteiger partial charge >= 0.3 is 5.97 Å². The summed E-state index contributed by atoms with van der Waals surface area (Å²) in [4.78, 5) is 47.9. The molecule has 2 atom stereocenters. The molecule has 3 aromatic heterocycles. The molecule has 3 heterocycles. The molecule has 352 valence electrons. The summed E-state index contributed by atoms with van der Waals surface area (Å²) >= 11 is 0. The van der Waals surface area contributed by atoms with Crippen molar-refractivity contribution in [2.24, 2.45) is 0 Å². The maximum absolute atomic E-state index is 12.2. The number of carbonyl (C=O) groups is 3. The highest BCUT2D eigenvalue weighted by Crippen LogP contribution is 2.20. The molecule has 0 bridgehead atoms. The second-order valence-corrected chi connectivity index (χ2v) is 19.5. The SMILES string of the molecule is CS(=O)(=O)c1ccc(CNC(=O)/C=C/c2ccc3ccccc3n2)cc1.CS(=O)(=O)c1ccc(CNC(=O)C(O)C(O)c2ccc3ccccc3n2)cc1.O=C(O)/C=C/c1ccc2ccccc2n1. The van der Waals surface area contributed by atoms with Crippen molar-refractivity contribution in [3.8, 4) is 0 Å². The highest BCUT2D eigenvalue weighted by Gasteiger charge is 2.27. The Balaban J connectivity index is 0.000000178. The largest absolute Gasteiger partial charge is 0.478 e. The summed E-state index contributed by atoms with van der Waals surface area (Å²) in [5.41, 5.74) is 5.42. The average Bonchev–Trinajstić information content (AvgIpc) is 3.35. The van der Waals surface area contributed by atoms with Gasteiger partial charge in [-0.1, -0.05) is 97.1 Å². The van der Waals surface area contributed by atoms with Gasteiger partial charge < -0.3 is 26.0 Å². The van der Waals surface area contributed by atoms with Gasteiger partial charge in [0.1, 0.15) is 6.10 Å². The van der Waals surface area contributed by atoms with Crippen LogP contribution in [0.25, 0.3) is 44.9 Å². The minimum absolute atomic E-state index is 0.0812. The van der Waals surface area contributed by atoms with E-state index in [2.05, 4.69) is 25.6 Å². The van der Waals surface area contributed by atoms with Gasteiger partial charge in [-0.15, -0.1) is 0 Å². The number of rotatable bonds is 13. The van der Waals surface area contributed by atoms with Gasteiger partial charge in [0.05, 0.1) is 43.4 Å². The molecule has 2 amide bonds. The first-order chi connectivity index (χ1) is 32.9. The predicted octanol–water partition coefficient (Wildman–Crippen LogP) is 6.65. The van der Waals surface area contributed by atoms with Crippen molar-refractivity contribution in [3.63, 3.8) is 0 Å². The normalized spacial score (nSPS) is 12.4. The summed E-state index contributed by atoms with van der Waals surface area (Å²) in [5.74, 6) is -1.97. The van der Waals surface area contributed by atoms with E-state index in [-0.39, 0.29) is 27.9 Å². The van der Waals surface area contributed by atoms with Crippen LogP contribution in [0.4, 0.5) is 0 Å². The first kappa shape index (κ1) is 50.5. The molecule has 0 aliphatic heterocycles. The van der Waals surface area contributed by atoms with Crippen molar-refractivity contribution in [3.05, 3.63) is 198 Å². The number of nitrogens with zero attached hydrogens (tertiary/aromatic N) is 3. The van der Waals surface area contributed by atoms with Gasteiger partial charge in [0.2, 0.25) is 5.91 Å². The van der Waals surface area contributed by atoms with Crippen LogP contribution in [0.1, 0.15) is 34.3 Å². The molecule has 69 heavy (non-hydrogen) atoms. The van der Waals surface area contributed by atoms with E-state index in [0.29, 0.717) is 29.0 Å². The van der Waals surface area contributed by atoms with Gasteiger partial charge in [0, 0.05) is 53.9 Å². The van der Waals surface area contributed by atoms with E-state index >= 15 is 0 Å². The summed E-state index contributed by atoms with van der Waals surface area (Å²) in [6.45, 7) is 0.399. The fourth-order valence-electron chi connectivity index (χ4n) is 6.47. The Hall–Kier alpha value is -7.96. The topological polar surface area (TPSA) is 243 Å². The molecule has 0 fully saturated rings. The molecule has 0 saturated heterocycles. The van der Waals surface area contributed by atoms with Gasteiger partial charge in [0.15, 0.2) is 25.8 Å². The van der Waals surface area contributed by atoms with E-state index in [4.69, 9.17) is 5.11 Å². The van der Waals surface area contributed by atoms with Crippen molar-refractivity contribution in [2.75, 3.05) is 12.5 Å². The minimum Gasteiger partial charge on any atom is -0.478 e. The standard InChI is InChI=1S/C20H20N2O5S.C20H18N2O3S.C12H9NO2/c1-28(26,27)15-9-6-13(7-10-15)12-21-20(25)19(24)18(23)17-11-8-14-4-2-3-5-16(14)22-17;1-26(24,25)18-11-6-15(7-12-18)14-21-20(23)13-10-17-9-8-16-4-2-3-5-19(16)22-17;14-12(15)8-7-10-6-5-9-3-1-2-4-11(9)13-10/h2-11,18-19,23-24H,12H2,1H3,(H,21,25);2-13H,14H2,1H3,(H,21,23);1-8H,(H,14,15)/b;13-10+;8-7+.